The Balaban J connectivity index is 1.75. The van der Waals surface area contributed by atoms with E-state index in [-0.39, 0.29) is 0 Å². The van der Waals surface area contributed by atoms with E-state index in [2.05, 4.69) is 57.8 Å². The van der Waals surface area contributed by atoms with Crippen molar-refractivity contribution in [1.82, 2.24) is 5.32 Å². The van der Waals surface area contributed by atoms with Gasteiger partial charge in [0.15, 0.2) is 0 Å². The van der Waals surface area contributed by atoms with Crippen molar-refractivity contribution in [3.05, 3.63) is 50.1 Å². The van der Waals surface area contributed by atoms with Gasteiger partial charge in [0.2, 0.25) is 0 Å². The average Bonchev–Trinajstić information content (AvgIpc) is 3.09. The minimum Gasteiger partial charge on any atom is -0.493 e. The fourth-order valence-electron chi connectivity index (χ4n) is 2.65. The van der Waals surface area contributed by atoms with Crippen LogP contribution in [0.5, 0.6) is 5.75 Å². The summed E-state index contributed by atoms with van der Waals surface area (Å²) in [6, 6.07) is 9.07. The molecule has 2 aromatic rings. The second-order valence-corrected chi connectivity index (χ2v) is 6.90. The molecule has 0 fully saturated rings. The van der Waals surface area contributed by atoms with Gasteiger partial charge in [-0.1, -0.05) is 28.9 Å². The Morgan fingerprint density at radius 3 is 3.10 bits per heavy atom. The molecule has 4 heteroatoms. The summed E-state index contributed by atoms with van der Waals surface area (Å²) in [5.41, 5.74) is 2.57. The van der Waals surface area contributed by atoms with E-state index >= 15 is 0 Å². The van der Waals surface area contributed by atoms with E-state index in [4.69, 9.17) is 4.74 Å². The van der Waals surface area contributed by atoms with Crippen LogP contribution in [0.4, 0.5) is 0 Å². The molecule has 0 spiro atoms. The maximum Gasteiger partial charge on any atom is 0.127 e. The zero-order valence-electron chi connectivity index (χ0n) is 11.5. The van der Waals surface area contributed by atoms with Gasteiger partial charge in [-0.25, -0.2) is 0 Å². The molecule has 1 aliphatic rings. The Kier molecular flexibility index (Phi) is 4.44. The summed E-state index contributed by atoms with van der Waals surface area (Å²) in [6.07, 6.45) is 2.11. The molecule has 2 heterocycles. The third-order valence-electron chi connectivity index (χ3n) is 3.66. The number of nitrogens with one attached hydrogen (secondary N) is 1. The maximum absolute atomic E-state index is 5.78. The van der Waals surface area contributed by atoms with E-state index in [9.17, 15) is 0 Å². The molecule has 0 radical (unpaired) electrons. The summed E-state index contributed by atoms with van der Waals surface area (Å²) >= 11 is 5.41. The van der Waals surface area contributed by atoms with Crippen LogP contribution in [0.15, 0.2) is 34.1 Å². The third-order valence-corrected chi connectivity index (χ3v) is 5.10. The minimum absolute atomic E-state index is 0.422. The molecule has 1 aromatic heterocycles. The molecule has 1 aromatic carbocycles. The Morgan fingerprint density at radius 2 is 2.35 bits per heavy atom. The minimum atomic E-state index is 0.422. The van der Waals surface area contributed by atoms with Gasteiger partial charge in [-0.2, -0.15) is 0 Å². The summed E-state index contributed by atoms with van der Waals surface area (Å²) in [7, 11) is 0. The lowest BCUT2D eigenvalue weighted by Gasteiger charge is -2.17. The van der Waals surface area contributed by atoms with E-state index in [1.165, 1.54) is 16.0 Å². The molecule has 1 unspecified atom stereocenters. The first kappa shape index (κ1) is 14.1. The van der Waals surface area contributed by atoms with Gasteiger partial charge in [-0.3, -0.25) is 0 Å². The van der Waals surface area contributed by atoms with Crippen LogP contribution in [0, 0.1) is 0 Å². The highest BCUT2D eigenvalue weighted by atomic mass is 79.9. The molecule has 0 bridgehead atoms. The Bertz CT molecular complexity index is 582. The number of halogens is 1. The van der Waals surface area contributed by atoms with Gasteiger partial charge in [0.1, 0.15) is 5.75 Å². The highest BCUT2D eigenvalue weighted by Crippen LogP contribution is 2.33. The second kappa shape index (κ2) is 6.29. The quantitative estimate of drug-likeness (QED) is 0.843. The van der Waals surface area contributed by atoms with Crippen LogP contribution in [-0.2, 0) is 13.0 Å². The fourth-order valence-corrected chi connectivity index (χ4v) is 4.08. The Labute approximate surface area is 132 Å². The van der Waals surface area contributed by atoms with Gasteiger partial charge < -0.3 is 10.1 Å². The van der Waals surface area contributed by atoms with Crippen molar-refractivity contribution in [3.63, 3.8) is 0 Å². The molecule has 0 aliphatic carbocycles. The van der Waals surface area contributed by atoms with Crippen LogP contribution in [0.3, 0.4) is 0 Å². The van der Waals surface area contributed by atoms with Crippen LogP contribution >= 0.6 is 27.3 Å². The number of rotatable bonds is 5. The first-order valence-electron chi connectivity index (χ1n) is 6.99. The van der Waals surface area contributed by atoms with Crippen LogP contribution in [0.25, 0.3) is 0 Å². The van der Waals surface area contributed by atoms with Crippen molar-refractivity contribution in [3.8, 4) is 5.75 Å². The smallest absolute Gasteiger partial charge is 0.127 e. The van der Waals surface area contributed by atoms with Crippen molar-refractivity contribution in [2.75, 3.05) is 6.61 Å². The number of thiophene rings is 1. The highest BCUT2D eigenvalue weighted by molar-refractivity contribution is 9.10. The Morgan fingerprint density at radius 1 is 1.45 bits per heavy atom. The molecule has 0 saturated heterocycles. The second-order valence-electron chi connectivity index (χ2n) is 5.01. The topological polar surface area (TPSA) is 21.3 Å². The van der Waals surface area contributed by atoms with E-state index < -0.39 is 0 Å². The average molecular weight is 352 g/mol. The summed E-state index contributed by atoms with van der Waals surface area (Å²) in [4.78, 5) is 1.40. The van der Waals surface area contributed by atoms with Crippen LogP contribution in [0.2, 0.25) is 0 Å². The molecule has 0 saturated carbocycles. The van der Waals surface area contributed by atoms with Crippen molar-refractivity contribution in [2.45, 2.75) is 32.4 Å². The number of fused-ring (bicyclic) bond motifs is 1. The van der Waals surface area contributed by atoms with Gasteiger partial charge in [0.25, 0.3) is 0 Å². The molecule has 20 heavy (non-hydrogen) atoms. The van der Waals surface area contributed by atoms with Crippen molar-refractivity contribution < 1.29 is 4.74 Å². The molecule has 2 nitrogen and oxygen atoms in total. The standard InChI is InChI=1S/C16H18BrNOS/c1-2-14(15-4-3-7-20-15)18-10-12-9-13(17)8-11-5-6-19-16(11)12/h3-4,7-9,14,18H,2,5-6,10H2,1H3. The van der Waals surface area contributed by atoms with Gasteiger partial charge >= 0.3 is 0 Å². The molecular formula is C16H18BrNOS. The number of hydrogen-bond acceptors (Lipinski definition) is 3. The number of ether oxygens (including phenoxy) is 1. The monoisotopic (exact) mass is 351 g/mol. The highest BCUT2D eigenvalue weighted by Gasteiger charge is 2.18. The first-order valence-corrected chi connectivity index (χ1v) is 8.66. The van der Waals surface area contributed by atoms with Gasteiger partial charge in [-0.05, 0) is 35.6 Å². The zero-order valence-corrected chi connectivity index (χ0v) is 13.9. The summed E-state index contributed by atoms with van der Waals surface area (Å²) in [6.45, 7) is 3.87. The van der Waals surface area contributed by atoms with Gasteiger partial charge in [0, 0.05) is 33.9 Å². The lowest BCUT2D eigenvalue weighted by atomic mass is 10.1. The SMILES string of the molecule is CCC(NCc1cc(Br)cc2c1OCC2)c1cccs1. The van der Waals surface area contributed by atoms with Crippen molar-refractivity contribution in [2.24, 2.45) is 0 Å². The molecule has 0 amide bonds. The Hall–Kier alpha value is -0.840. The summed E-state index contributed by atoms with van der Waals surface area (Å²) in [5, 5.41) is 5.79. The lowest BCUT2D eigenvalue weighted by molar-refractivity contribution is 0.351. The number of benzene rings is 1. The molecule has 1 aliphatic heterocycles. The van der Waals surface area contributed by atoms with E-state index in [0.717, 1.165) is 36.2 Å². The maximum atomic E-state index is 5.78. The normalized spacial score (nSPS) is 14.9. The third kappa shape index (κ3) is 2.92. The largest absolute Gasteiger partial charge is 0.493 e. The van der Waals surface area contributed by atoms with Crippen LogP contribution < -0.4 is 10.1 Å². The number of hydrogen-bond donors (Lipinski definition) is 1. The van der Waals surface area contributed by atoms with Crippen molar-refractivity contribution in [1.29, 1.82) is 0 Å². The fraction of sp³-hybridized carbons (Fsp3) is 0.375. The molecule has 1 atom stereocenters. The summed E-state index contributed by atoms with van der Waals surface area (Å²) < 4.78 is 6.92. The van der Waals surface area contributed by atoms with E-state index in [1.54, 1.807) is 0 Å². The van der Waals surface area contributed by atoms with E-state index in [1.807, 2.05) is 11.3 Å². The molecule has 3 rings (SSSR count). The van der Waals surface area contributed by atoms with Crippen LogP contribution in [0.1, 0.15) is 35.4 Å². The summed E-state index contributed by atoms with van der Waals surface area (Å²) in [5.74, 6) is 1.08. The van der Waals surface area contributed by atoms with Gasteiger partial charge in [-0.15, -0.1) is 11.3 Å². The molecule has 1 N–H and O–H groups in total. The molecule has 106 valence electrons. The predicted octanol–water partition coefficient (Wildman–Crippen LogP) is 4.69. The first-order chi connectivity index (χ1) is 9.78. The lowest BCUT2D eigenvalue weighted by Crippen LogP contribution is -2.19. The van der Waals surface area contributed by atoms with E-state index in [0.29, 0.717) is 6.04 Å². The van der Waals surface area contributed by atoms with Crippen molar-refractivity contribution >= 4 is 27.3 Å². The van der Waals surface area contributed by atoms with Gasteiger partial charge in [0.05, 0.1) is 6.61 Å². The molecular weight excluding hydrogens is 334 g/mol. The van der Waals surface area contributed by atoms with Crippen LogP contribution in [-0.4, -0.2) is 6.61 Å². The predicted molar refractivity (Wildman–Crippen MR) is 87.5 cm³/mol. The zero-order chi connectivity index (χ0) is 13.9.